The molecule has 1 amide bonds. The van der Waals surface area contributed by atoms with Crippen molar-refractivity contribution in [3.05, 3.63) is 58.6 Å². The molecule has 1 aliphatic heterocycles. The lowest BCUT2D eigenvalue weighted by atomic mass is 9.84. The fraction of sp³-hybridized carbons (Fsp3) is 0.536. The highest BCUT2D eigenvalue weighted by atomic mass is 28.3. The number of allylic oxidation sites excluding steroid dienone is 3. The second-order valence-corrected chi connectivity index (χ2v) is 17.1. The third kappa shape index (κ3) is 7.08. The van der Waals surface area contributed by atoms with Gasteiger partial charge < -0.3 is 9.64 Å². The Hall–Kier alpha value is -2.59. The van der Waals surface area contributed by atoms with E-state index in [1.165, 1.54) is 19.3 Å². The summed E-state index contributed by atoms with van der Waals surface area (Å²) in [5.41, 5.74) is 2.47. The van der Waals surface area contributed by atoms with Gasteiger partial charge in [-0.05, 0) is 42.0 Å². The fourth-order valence-corrected chi connectivity index (χ4v) is 5.74. The standard InChI is InChI=1S/C28H35F4N3O2Si/c1-38(2,3)14-13-37-18-25-22-15-23(29)26(16-24(22)33-34-25)35(27(36)28(30,31)32)17-19-9-11-21(12-10-19)20-7-5-4-6-8-20/h9-12,15,20H,4-8,13-14,16-18H2,1-3H3. The third-order valence-corrected chi connectivity index (χ3v) is 8.94. The van der Waals surface area contributed by atoms with Crippen LogP contribution in [0.3, 0.4) is 0 Å². The van der Waals surface area contributed by atoms with Gasteiger partial charge in [0.25, 0.3) is 0 Å². The molecule has 0 aromatic heterocycles. The molecule has 5 nitrogen and oxygen atoms in total. The van der Waals surface area contributed by atoms with Crippen LogP contribution in [0.15, 0.2) is 57.6 Å². The summed E-state index contributed by atoms with van der Waals surface area (Å²) in [7, 11) is -1.28. The van der Waals surface area contributed by atoms with Gasteiger partial charge in [-0.3, -0.25) is 4.79 Å². The second-order valence-electron chi connectivity index (χ2n) is 11.5. The summed E-state index contributed by atoms with van der Waals surface area (Å²) in [6.07, 6.45) is 1.47. The Balaban J connectivity index is 1.51. The molecule has 1 fully saturated rings. The molecule has 0 atom stereocenters. The molecule has 206 valence electrons. The van der Waals surface area contributed by atoms with E-state index in [0.29, 0.717) is 40.0 Å². The number of nitrogens with zero attached hydrogens (tertiary/aromatic N) is 3. The first-order valence-corrected chi connectivity index (χ1v) is 16.9. The van der Waals surface area contributed by atoms with Gasteiger partial charge in [0, 0.05) is 26.7 Å². The van der Waals surface area contributed by atoms with Gasteiger partial charge in [-0.25, -0.2) is 4.39 Å². The van der Waals surface area contributed by atoms with Crippen molar-refractivity contribution in [2.24, 2.45) is 10.2 Å². The number of hydrogen-bond acceptors (Lipinski definition) is 4. The highest BCUT2D eigenvalue weighted by Gasteiger charge is 2.45. The number of hydrogen-bond donors (Lipinski definition) is 0. The quantitative estimate of drug-likeness (QED) is 0.184. The molecule has 1 saturated carbocycles. The number of rotatable bonds is 9. The zero-order valence-electron chi connectivity index (χ0n) is 22.2. The summed E-state index contributed by atoms with van der Waals surface area (Å²) < 4.78 is 61.7. The number of carbonyl (C=O) groups excluding carboxylic acids is 1. The molecule has 10 heteroatoms. The minimum absolute atomic E-state index is 0.143. The van der Waals surface area contributed by atoms with Crippen molar-refractivity contribution in [2.75, 3.05) is 13.2 Å². The zero-order chi connectivity index (χ0) is 27.5. The van der Waals surface area contributed by atoms with Crippen LogP contribution in [-0.2, 0) is 16.1 Å². The van der Waals surface area contributed by atoms with Gasteiger partial charge in [-0.1, -0.05) is 63.2 Å². The number of amides is 1. The Morgan fingerprint density at radius 2 is 1.76 bits per heavy atom. The van der Waals surface area contributed by atoms with Crippen LogP contribution in [0.1, 0.15) is 55.6 Å². The lowest BCUT2D eigenvalue weighted by molar-refractivity contribution is -0.184. The molecule has 2 aliphatic carbocycles. The van der Waals surface area contributed by atoms with Crippen molar-refractivity contribution in [1.29, 1.82) is 0 Å². The van der Waals surface area contributed by atoms with Crippen LogP contribution in [-0.4, -0.2) is 49.7 Å². The van der Waals surface area contributed by atoms with Crippen molar-refractivity contribution in [2.45, 2.75) is 82.8 Å². The molecule has 0 spiro atoms. The minimum Gasteiger partial charge on any atom is -0.375 e. The van der Waals surface area contributed by atoms with Gasteiger partial charge in [0.1, 0.15) is 5.83 Å². The number of ether oxygens (including phenoxy) is 1. The van der Waals surface area contributed by atoms with Gasteiger partial charge >= 0.3 is 12.1 Å². The predicted molar refractivity (Wildman–Crippen MR) is 144 cm³/mol. The average Bonchev–Trinajstić information content (AvgIpc) is 3.25. The molecule has 0 unspecified atom stereocenters. The summed E-state index contributed by atoms with van der Waals surface area (Å²) in [5, 5.41) is 8.15. The smallest absolute Gasteiger partial charge is 0.375 e. The molecule has 0 saturated heterocycles. The van der Waals surface area contributed by atoms with E-state index >= 15 is 4.39 Å². The normalized spacial score (nSPS) is 18.7. The van der Waals surface area contributed by atoms with E-state index < -0.39 is 32.5 Å². The van der Waals surface area contributed by atoms with Gasteiger partial charge in [0.2, 0.25) is 0 Å². The molecule has 38 heavy (non-hydrogen) atoms. The van der Waals surface area contributed by atoms with Crippen LogP contribution < -0.4 is 0 Å². The molecule has 0 N–H and O–H groups in total. The van der Waals surface area contributed by atoms with Crippen LogP contribution in [0.2, 0.25) is 25.7 Å². The van der Waals surface area contributed by atoms with Gasteiger partial charge in [0.05, 0.1) is 30.3 Å². The van der Waals surface area contributed by atoms with E-state index in [1.807, 2.05) is 12.1 Å². The van der Waals surface area contributed by atoms with Crippen LogP contribution in [0.4, 0.5) is 17.6 Å². The fourth-order valence-electron chi connectivity index (χ4n) is 4.98. The molecule has 4 rings (SSSR count). The zero-order valence-corrected chi connectivity index (χ0v) is 23.2. The second kappa shape index (κ2) is 11.7. The lowest BCUT2D eigenvalue weighted by Crippen LogP contribution is -2.41. The topological polar surface area (TPSA) is 54.3 Å². The maximum Gasteiger partial charge on any atom is 0.471 e. The number of benzene rings is 1. The van der Waals surface area contributed by atoms with Crippen LogP contribution >= 0.6 is 0 Å². The van der Waals surface area contributed by atoms with E-state index in [9.17, 15) is 18.0 Å². The van der Waals surface area contributed by atoms with Gasteiger partial charge in [-0.15, -0.1) is 0 Å². The SMILES string of the molecule is C[Si](C)(C)CCOCC1=NN=C2CC(N(Cc3ccc(C4CCCCC4)cc3)C(=O)C(F)(F)F)=C(F)C=C12. The Morgan fingerprint density at radius 3 is 2.39 bits per heavy atom. The first kappa shape index (κ1) is 28.4. The monoisotopic (exact) mass is 549 g/mol. The lowest BCUT2D eigenvalue weighted by Gasteiger charge is -2.29. The predicted octanol–water partition coefficient (Wildman–Crippen LogP) is 7.30. The molecule has 3 aliphatic rings. The number of alkyl halides is 3. The van der Waals surface area contributed by atoms with Crippen LogP contribution in [0.5, 0.6) is 0 Å². The van der Waals surface area contributed by atoms with Gasteiger partial charge in [-0.2, -0.15) is 23.4 Å². The summed E-state index contributed by atoms with van der Waals surface area (Å²) in [4.78, 5) is 12.9. The summed E-state index contributed by atoms with van der Waals surface area (Å²) in [5.74, 6) is -2.56. The maximum absolute atomic E-state index is 15.3. The Bertz CT molecular complexity index is 1160. The van der Waals surface area contributed by atoms with E-state index in [4.69, 9.17) is 4.74 Å². The van der Waals surface area contributed by atoms with E-state index in [-0.39, 0.29) is 18.7 Å². The highest BCUT2D eigenvalue weighted by Crippen LogP contribution is 2.35. The number of halogens is 4. The molecule has 0 radical (unpaired) electrons. The van der Waals surface area contributed by atoms with Crippen LogP contribution in [0.25, 0.3) is 0 Å². The van der Waals surface area contributed by atoms with E-state index in [0.717, 1.165) is 30.5 Å². The van der Waals surface area contributed by atoms with Crippen molar-refractivity contribution in [3.8, 4) is 0 Å². The van der Waals surface area contributed by atoms with E-state index in [2.05, 4.69) is 29.8 Å². The molecular weight excluding hydrogens is 514 g/mol. The van der Waals surface area contributed by atoms with Crippen molar-refractivity contribution in [3.63, 3.8) is 0 Å². The first-order valence-electron chi connectivity index (χ1n) is 13.2. The summed E-state index contributed by atoms with van der Waals surface area (Å²) >= 11 is 0. The molecule has 1 aromatic rings. The first-order chi connectivity index (χ1) is 17.9. The van der Waals surface area contributed by atoms with Crippen molar-refractivity contribution < 1.29 is 27.1 Å². The third-order valence-electron chi connectivity index (χ3n) is 7.24. The highest BCUT2D eigenvalue weighted by molar-refractivity contribution is 6.76. The minimum atomic E-state index is -5.15. The van der Waals surface area contributed by atoms with Crippen LogP contribution in [0, 0.1) is 0 Å². The maximum atomic E-state index is 15.3. The molecule has 1 heterocycles. The van der Waals surface area contributed by atoms with Crippen molar-refractivity contribution in [1.82, 2.24) is 4.90 Å². The van der Waals surface area contributed by atoms with Gasteiger partial charge in [0.15, 0.2) is 0 Å². The number of carbonyl (C=O) groups is 1. The Morgan fingerprint density at radius 1 is 1.08 bits per heavy atom. The van der Waals surface area contributed by atoms with E-state index in [1.54, 1.807) is 12.1 Å². The summed E-state index contributed by atoms with van der Waals surface area (Å²) in [6, 6.07) is 8.25. The molecule has 0 bridgehead atoms. The summed E-state index contributed by atoms with van der Waals surface area (Å²) in [6.45, 7) is 6.99. The van der Waals surface area contributed by atoms with Crippen molar-refractivity contribution >= 4 is 25.4 Å². The molecular formula is C28H35F4N3O2Si. The Labute approximate surface area is 222 Å². The number of fused-ring (bicyclic) bond motifs is 1. The largest absolute Gasteiger partial charge is 0.471 e. The molecule has 1 aromatic carbocycles. The Kier molecular flexibility index (Phi) is 8.71. The average molecular weight is 550 g/mol.